The molecular formula is C11H14N4O4S. The summed E-state index contributed by atoms with van der Waals surface area (Å²) < 4.78 is 4.93. The molecule has 0 spiro atoms. The summed E-state index contributed by atoms with van der Waals surface area (Å²) in [6.07, 6.45) is 2.78. The maximum absolute atomic E-state index is 11.9. The highest BCUT2D eigenvalue weighted by Gasteiger charge is 2.20. The first-order valence-corrected chi connectivity index (χ1v) is 5.95. The summed E-state index contributed by atoms with van der Waals surface area (Å²) in [6, 6.07) is 0. The first-order chi connectivity index (χ1) is 9.41. The molecule has 0 aliphatic carbocycles. The number of aromatic nitrogens is 1. The second-order valence-electron chi connectivity index (χ2n) is 3.70. The van der Waals surface area contributed by atoms with Crippen molar-refractivity contribution < 1.29 is 19.1 Å². The van der Waals surface area contributed by atoms with E-state index in [1.807, 2.05) is 0 Å². The van der Waals surface area contributed by atoms with Gasteiger partial charge in [-0.15, -0.1) is 0 Å². The van der Waals surface area contributed by atoms with Crippen molar-refractivity contribution in [2.75, 3.05) is 6.54 Å². The fourth-order valence-corrected chi connectivity index (χ4v) is 1.41. The highest BCUT2D eigenvalue weighted by Crippen LogP contribution is 2.04. The van der Waals surface area contributed by atoms with Crippen molar-refractivity contribution in [2.24, 2.45) is 5.73 Å². The average molecular weight is 298 g/mol. The minimum absolute atomic E-state index is 0.00137. The monoisotopic (exact) mass is 298 g/mol. The number of hydrogen-bond acceptors (Lipinski definition) is 6. The Bertz CT molecular complexity index is 539. The number of nitrogens with two attached hydrogens (primary N) is 1. The van der Waals surface area contributed by atoms with Crippen LogP contribution in [0, 0.1) is 0 Å². The number of oxazole rings is 1. The molecule has 9 heteroatoms. The third kappa shape index (κ3) is 4.69. The van der Waals surface area contributed by atoms with Crippen molar-refractivity contribution in [2.45, 2.75) is 13.5 Å². The zero-order valence-electron chi connectivity index (χ0n) is 10.7. The molecule has 0 unspecified atom stereocenters. The Hall–Kier alpha value is -2.42. The van der Waals surface area contributed by atoms with Crippen LogP contribution in [-0.4, -0.2) is 33.4 Å². The lowest BCUT2D eigenvalue weighted by Crippen LogP contribution is -2.34. The molecule has 0 fully saturated rings. The molecule has 1 amide bonds. The number of nitrogens with one attached hydrogen (secondary N) is 2. The van der Waals surface area contributed by atoms with Gasteiger partial charge >= 0.3 is 0 Å². The van der Waals surface area contributed by atoms with E-state index in [-0.39, 0.29) is 29.7 Å². The fourth-order valence-electron chi connectivity index (χ4n) is 1.34. The van der Waals surface area contributed by atoms with Gasteiger partial charge in [-0.2, -0.15) is 0 Å². The number of Topliss-reactive ketones (excluding diaryl/α,β-unsaturated/α-hetero) is 1. The molecule has 1 aromatic rings. The van der Waals surface area contributed by atoms with Crippen molar-refractivity contribution in [1.82, 2.24) is 15.6 Å². The predicted molar refractivity (Wildman–Crippen MR) is 73.5 cm³/mol. The molecule has 0 saturated heterocycles. The van der Waals surface area contributed by atoms with Crippen LogP contribution in [0.2, 0.25) is 0 Å². The highest BCUT2D eigenvalue weighted by molar-refractivity contribution is 7.80. The van der Waals surface area contributed by atoms with Crippen LogP contribution in [0.5, 0.6) is 0 Å². The summed E-state index contributed by atoms with van der Waals surface area (Å²) in [4.78, 5) is 27.1. The Morgan fingerprint density at radius 2 is 2.20 bits per heavy atom. The molecule has 0 aromatic carbocycles. The number of rotatable bonds is 6. The summed E-state index contributed by atoms with van der Waals surface area (Å²) in [5, 5.41) is 14.5. The van der Waals surface area contributed by atoms with E-state index in [0.29, 0.717) is 0 Å². The van der Waals surface area contributed by atoms with Crippen LogP contribution in [0.15, 0.2) is 28.2 Å². The minimum Gasteiger partial charge on any atom is -0.509 e. The number of carbonyl (C=O) groups is 2. The van der Waals surface area contributed by atoms with Gasteiger partial charge in [0.25, 0.3) is 5.91 Å². The summed E-state index contributed by atoms with van der Waals surface area (Å²) in [6.45, 7) is 0.951. The van der Waals surface area contributed by atoms with Crippen LogP contribution in [-0.2, 0) is 16.1 Å². The van der Waals surface area contributed by atoms with Gasteiger partial charge in [0.1, 0.15) is 17.6 Å². The third-order valence-corrected chi connectivity index (χ3v) is 2.33. The number of carbonyl (C=O) groups excluding carboxylic acids is 2. The number of aliphatic hydroxyl groups is 1. The summed E-state index contributed by atoms with van der Waals surface area (Å²) in [5.74, 6) is -1.49. The lowest BCUT2D eigenvalue weighted by Gasteiger charge is -2.09. The van der Waals surface area contributed by atoms with Gasteiger partial charge in [-0.1, -0.05) is 0 Å². The zero-order valence-corrected chi connectivity index (χ0v) is 11.5. The van der Waals surface area contributed by atoms with Gasteiger partial charge in [0.15, 0.2) is 10.9 Å². The average Bonchev–Trinajstić information content (AvgIpc) is 2.86. The molecule has 0 bridgehead atoms. The second kappa shape index (κ2) is 7.24. The van der Waals surface area contributed by atoms with E-state index < -0.39 is 17.4 Å². The van der Waals surface area contributed by atoms with Crippen molar-refractivity contribution in [3.63, 3.8) is 0 Å². The van der Waals surface area contributed by atoms with Crippen molar-refractivity contribution in [3.05, 3.63) is 29.7 Å². The summed E-state index contributed by atoms with van der Waals surface area (Å²) in [5.41, 5.74) is 4.82. The van der Waals surface area contributed by atoms with Crippen molar-refractivity contribution in [1.29, 1.82) is 0 Å². The molecule has 1 rings (SSSR count). The minimum atomic E-state index is -0.738. The lowest BCUT2D eigenvalue weighted by molar-refractivity contribution is -0.122. The molecule has 0 radical (unpaired) electrons. The molecule has 1 heterocycles. The van der Waals surface area contributed by atoms with E-state index in [2.05, 4.69) is 27.8 Å². The largest absolute Gasteiger partial charge is 0.509 e. The Kier molecular flexibility index (Phi) is 5.66. The first-order valence-electron chi connectivity index (χ1n) is 5.54. The Morgan fingerprint density at radius 3 is 2.70 bits per heavy atom. The zero-order chi connectivity index (χ0) is 15.1. The number of hydrogen-bond donors (Lipinski definition) is 4. The number of nitrogens with zero attached hydrogens (tertiary/aromatic N) is 1. The fraction of sp³-hybridized carbons (Fsp3) is 0.273. The molecule has 5 N–H and O–H groups in total. The number of aliphatic hydroxyl groups excluding tert-OH is 1. The normalized spacial score (nSPS) is 11.4. The molecule has 0 atom stereocenters. The van der Waals surface area contributed by atoms with Gasteiger partial charge in [-0.3, -0.25) is 9.59 Å². The van der Waals surface area contributed by atoms with Crippen LogP contribution in [0.3, 0.4) is 0 Å². The van der Waals surface area contributed by atoms with Gasteiger partial charge in [0.05, 0.1) is 19.3 Å². The van der Waals surface area contributed by atoms with E-state index in [4.69, 9.17) is 10.2 Å². The van der Waals surface area contributed by atoms with Gasteiger partial charge < -0.3 is 25.9 Å². The van der Waals surface area contributed by atoms with Crippen LogP contribution in [0.25, 0.3) is 0 Å². The lowest BCUT2D eigenvalue weighted by atomic mass is 10.1. The van der Waals surface area contributed by atoms with E-state index >= 15 is 0 Å². The molecule has 1 aromatic heterocycles. The van der Waals surface area contributed by atoms with Gasteiger partial charge in [-0.25, -0.2) is 4.98 Å². The van der Waals surface area contributed by atoms with Crippen LogP contribution >= 0.6 is 12.2 Å². The topological polar surface area (TPSA) is 130 Å². The van der Waals surface area contributed by atoms with E-state index in [9.17, 15) is 14.7 Å². The number of ketones is 1. The van der Waals surface area contributed by atoms with Crippen LogP contribution in [0.1, 0.15) is 12.8 Å². The van der Waals surface area contributed by atoms with Gasteiger partial charge in [0, 0.05) is 0 Å². The van der Waals surface area contributed by atoms with Crippen molar-refractivity contribution >= 4 is 29.0 Å². The number of amides is 1. The quantitative estimate of drug-likeness (QED) is 0.182. The van der Waals surface area contributed by atoms with E-state index in [0.717, 1.165) is 6.92 Å². The standard InChI is InChI=1S/C11H14N4O4S/c1-6(16)9(7(17)4-15-11(12)20)10(18)14-5-8-13-2-3-19-8/h2-3,17H,4-5H2,1H3,(H,14,18)(H3,12,15,20). The molecule has 0 aliphatic rings. The van der Waals surface area contributed by atoms with Crippen LogP contribution in [0.4, 0.5) is 0 Å². The summed E-state index contributed by atoms with van der Waals surface area (Å²) >= 11 is 4.56. The Balaban J connectivity index is 2.73. The van der Waals surface area contributed by atoms with Crippen LogP contribution < -0.4 is 16.4 Å². The molecular weight excluding hydrogens is 284 g/mol. The molecule has 0 aliphatic heterocycles. The van der Waals surface area contributed by atoms with E-state index in [1.165, 1.54) is 12.5 Å². The maximum atomic E-state index is 11.9. The third-order valence-electron chi connectivity index (χ3n) is 2.18. The molecule has 20 heavy (non-hydrogen) atoms. The molecule has 0 saturated carbocycles. The summed E-state index contributed by atoms with van der Waals surface area (Å²) in [7, 11) is 0. The molecule has 8 nitrogen and oxygen atoms in total. The highest BCUT2D eigenvalue weighted by atomic mass is 32.1. The maximum Gasteiger partial charge on any atom is 0.258 e. The second-order valence-corrected chi connectivity index (χ2v) is 4.14. The Labute approximate surface area is 120 Å². The van der Waals surface area contributed by atoms with Gasteiger partial charge in [-0.05, 0) is 19.1 Å². The Morgan fingerprint density at radius 1 is 1.50 bits per heavy atom. The van der Waals surface area contributed by atoms with Crippen molar-refractivity contribution in [3.8, 4) is 0 Å². The number of thiocarbonyl (C=S) groups is 1. The SMILES string of the molecule is CC(=O)C(C(=O)NCc1ncco1)=C(O)CNC(N)=S. The predicted octanol–water partition coefficient (Wildman–Crippen LogP) is -0.475. The smallest absolute Gasteiger partial charge is 0.258 e. The molecule has 108 valence electrons. The van der Waals surface area contributed by atoms with Gasteiger partial charge in [0.2, 0.25) is 5.89 Å². The van der Waals surface area contributed by atoms with E-state index in [1.54, 1.807) is 0 Å². The first kappa shape index (κ1) is 15.6.